The maximum atomic E-state index is 11.8. The quantitative estimate of drug-likeness (QED) is 0.780. The van der Waals surface area contributed by atoms with Gasteiger partial charge >= 0.3 is 6.09 Å². The normalized spacial score (nSPS) is 10.7. The van der Waals surface area contributed by atoms with Crippen molar-refractivity contribution in [1.82, 2.24) is 4.90 Å². The van der Waals surface area contributed by atoms with Gasteiger partial charge in [-0.05, 0) is 26.3 Å². The van der Waals surface area contributed by atoms with Crippen molar-refractivity contribution in [1.29, 1.82) is 0 Å². The van der Waals surface area contributed by atoms with E-state index in [0.29, 0.717) is 13.1 Å². The lowest BCUT2D eigenvalue weighted by Gasteiger charge is -2.24. The molecule has 0 aliphatic rings. The minimum absolute atomic E-state index is 0.335. The van der Waals surface area contributed by atoms with Crippen molar-refractivity contribution in [2.45, 2.75) is 39.5 Å². The largest absolute Gasteiger partial charge is 0.444 e. The van der Waals surface area contributed by atoms with Gasteiger partial charge in [-0.3, -0.25) is 0 Å². The third kappa shape index (κ3) is 5.43. The van der Waals surface area contributed by atoms with Crippen LogP contribution < -0.4 is 0 Å². The maximum Gasteiger partial charge on any atom is 0.410 e. The van der Waals surface area contributed by atoms with Gasteiger partial charge in [0.15, 0.2) is 0 Å². The van der Waals surface area contributed by atoms with Crippen molar-refractivity contribution in [3.8, 4) is 0 Å². The molecule has 4 heteroatoms. The van der Waals surface area contributed by atoms with Crippen LogP contribution >= 0.6 is 0 Å². The molecule has 0 fully saturated rings. The molecule has 19 heavy (non-hydrogen) atoms. The molecule has 0 aliphatic carbocycles. The fourth-order valence-corrected chi connectivity index (χ4v) is 1.52. The number of rotatable bonds is 3. The van der Waals surface area contributed by atoms with Crippen LogP contribution in [0.25, 0.3) is 4.85 Å². The van der Waals surface area contributed by atoms with Crippen LogP contribution in [-0.2, 0) is 17.8 Å². The van der Waals surface area contributed by atoms with Crippen LogP contribution in [0, 0.1) is 6.57 Å². The van der Waals surface area contributed by atoms with Crippen molar-refractivity contribution in [3.05, 3.63) is 46.8 Å². The predicted octanol–water partition coefficient (Wildman–Crippen LogP) is 3.47. The van der Waals surface area contributed by atoms with Crippen molar-refractivity contribution in [2.75, 3.05) is 7.05 Å². The Bertz CT molecular complexity index is 466. The van der Waals surface area contributed by atoms with E-state index in [2.05, 4.69) is 4.85 Å². The molecule has 0 unspecified atom stereocenters. The Balaban J connectivity index is 2.59. The van der Waals surface area contributed by atoms with Crippen LogP contribution in [0.5, 0.6) is 0 Å². The zero-order valence-electron chi connectivity index (χ0n) is 11.9. The minimum Gasteiger partial charge on any atom is -0.444 e. The summed E-state index contributed by atoms with van der Waals surface area (Å²) in [7, 11) is 1.71. The first kappa shape index (κ1) is 15.0. The van der Waals surface area contributed by atoms with E-state index in [1.807, 2.05) is 45.0 Å². The van der Waals surface area contributed by atoms with Gasteiger partial charge in [-0.25, -0.2) is 11.4 Å². The molecular formula is C15H20N2O2. The fraction of sp³-hybridized carbons (Fsp3) is 0.467. The lowest BCUT2D eigenvalue weighted by molar-refractivity contribution is 0.0285. The lowest BCUT2D eigenvalue weighted by atomic mass is 10.1. The van der Waals surface area contributed by atoms with Gasteiger partial charge < -0.3 is 14.5 Å². The Morgan fingerprint density at radius 3 is 2.26 bits per heavy atom. The molecule has 0 aromatic heterocycles. The molecule has 0 heterocycles. The van der Waals surface area contributed by atoms with Gasteiger partial charge in [-0.2, -0.15) is 0 Å². The van der Waals surface area contributed by atoms with Crippen molar-refractivity contribution in [2.24, 2.45) is 0 Å². The number of hydrogen-bond acceptors (Lipinski definition) is 2. The highest BCUT2D eigenvalue weighted by Crippen LogP contribution is 2.12. The van der Waals surface area contributed by atoms with Crippen LogP contribution in [0.1, 0.15) is 31.9 Å². The molecule has 1 aromatic rings. The standard InChI is InChI=1S/C15H20N2O2/c1-15(2,3)19-14(18)17(5)11-13-8-6-12(7-9-13)10-16-4/h6-9H,10-11H2,1-3,5H3. The van der Waals surface area contributed by atoms with E-state index in [1.54, 1.807) is 7.05 Å². The van der Waals surface area contributed by atoms with Crippen LogP contribution in [0.2, 0.25) is 0 Å². The second-order valence-electron chi connectivity index (χ2n) is 5.47. The number of hydrogen-bond donors (Lipinski definition) is 0. The number of carbonyl (C=O) groups excluding carboxylic acids is 1. The van der Waals surface area contributed by atoms with Gasteiger partial charge in [0.1, 0.15) is 5.60 Å². The molecule has 0 atom stereocenters. The van der Waals surface area contributed by atoms with Gasteiger partial charge in [0, 0.05) is 19.2 Å². The summed E-state index contributed by atoms with van der Waals surface area (Å²) >= 11 is 0. The van der Waals surface area contributed by atoms with E-state index >= 15 is 0 Å². The lowest BCUT2D eigenvalue weighted by Crippen LogP contribution is -2.33. The number of benzene rings is 1. The van der Waals surface area contributed by atoms with Gasteiger partial charge in [0.2, 0.25) is 6.54 Å². The summed E-state index contributed by atoms with van der Waals surface area (Å²) in [6.45, 7) is 13.2. The Hall–Kier alpha value is -2.02. The van der Waals surface area contributed by atoms with E-state index in [9.17, 15) is 4.79 Å². The molecule has 102 valence electrons. The average molecular weight is 260 g/mol. The Kier molecular flexibility index (Phi) is 4.94. The van der Waals surface area contributed by atoms with E-state index in [1.165, 1.54) is 4.90 Å². The smallest absolute Gasteiger partial charge is 0.410 e. The molecular weight excluding hydrogens is 240 g/mol. The molecule has 0 radical (unpaired) electrons. The molecule has 1 amide bonds. The van der Waals surface area contributed by atoms with Gasteiger partial charge in [0.05, 0.1) is 0 Å². The number of nitrogens with zero attached hydrogens (tertiary/aromatic N) is 2. The third-order valence-corrected chi connectivity index (χ3v) is 2.41. The molecule has 0 aliphatic heterocycles. The second kappa shape index (κ2) is 6.24. The molecule has 1 aromatic carbocycles. The number of carbonyl (C=O) groups is 1. The zero-order chi connectivity index (χ0) is 14.5. The van der Waals surface area contributed by atoms with Crippen LogP contribution in [0.4, 0.5) is 4.79 Å². The third-order valence-electron chi connectivity index (χ3n) is 2.41. The monoisotopic (exact) mass is 260 g/mol. The summed E-state index contributed by atoms with van der Waals surface area (Å²) < 4.78 is 5.28. The van der Waals surface area contributed by atoms with Crippen LogP contribution in [0.3, 0.4) is 0 Å². The van der Waals surface area contributed by atoms with E-state index in [0.717, 1.165) is 11.1 Å². The first-order chi connectivity index (χ1) is 8.81. The van der Waals surface area contributed by atoms with Gasteiger partial charge in [-0.15, -0.1) is 0 Å². The Labute approximate surface area is 114 Å². The molecule has 0 bridgehead atoms. The molecule has 1 rings (SSSR count). The van der Waals surface area contributed by atoms with E-state index < -0.39 is 5.60 Å². The SMILES string of the molecule is [C-]#[N+]Cc1ccc(CN(C)C(=O)OC(C)(C)C)cc1. The van der Waals surface area contributed by atoms with Crippen LogP contribution in [-0.4, -0.2) is 23.6 Å². The Morgan fingerprint density at radius 1 is 1.26 bits per heavy atom. The first-order valence-corrected chi connectivity index (χ1v) is 6.17. The predicted molar refractivity (Wildman–Crippen MR) is 74.4 cm³/mol. The number of ether oxygens (including phenoxy) is 1. The summed E-state index contributed by atoms with van der Waals surface area (Å²) in [5.41, 5.74) is 1.52. The highest BCUT2D eigenvalue weighted by atomic mass is 16.6. The van der Waals surface area contributed by atoms with Gasteiger partial charge in [-0.1, -0.05) is 24.3 Å². The fourth-order valence-electron chi connectivity index (χ4n) is 1.52. The molecule has 4 nitrogen and oxygen atoms in total. The second-order valence-corrected chi connectivity index (χ2v) is 5.47. The van der Waals surface area contributed by atoms with Gasteiger partial charge in [0.25, 0.3) is 0 Å². The summed E-state index contributed by atoms with van der Waals surface area (Å²) in [5, 5.41) is 0. The maximum absolute atomic E-state index is 11.8. The van der Waals surface area contributed by atoms with E-state index in [-0.39, 0.29) is 6.09 Å². The average Bonchev–Trinajstić information content (AvgIpc) is 2.29. The van der Waals surface area contributed by atoms with E-state index in [4.69, 9.17) is 11.3 Å². The molecule has 0 N–H and O–H groups in total. The molecule has 0 saturated heterocycles. The summed E-state index contributed by atoms with van der Waals surface area (Å²) in [4.78, 5) is 16.7. The highest BCUT2D eigenvalue weighted by molar-refractivity contribution is 5.67. The topological polar surface area (TPSA) is 33.9 Å². The van der Waals surface area contributed by atoms with Crippen molar-refractivity contribution < 1.29 is 9.53 Å². The first-order valence-electron chi connectivity index (χ1n) is 6.17. The number of amides is 1. The highest BCUT2D eigenvalue weighted by Gasteiger charge is 2.19. The van der Waals surface area contributed by atoms with Crippen molar-refractivity contribution >= 4 is 6.09 Å². The minimum atomic E-state index is -0.481. The Morgan fingerprint density at radius 2 is 1.79 bits per heavy atom. The zero-order valence-corrected chi connectivity index (χ0v) is 11.9. The summed E-state index contributed by atoms with van der Waals surface area (Å²) in [5.74, 6) is 0. The molecule has 0 saturated carbocycles. The van der Waals surface area contributed by atoms with Crippen LogP contribution in [0.15, 0.2) is 24.3 Å². The summed E-state index contributed by atoms with van der Waals surface area (Å²) in [6, 6.07) is 7.69. The molecule has 0 spiro atoms. The summed E-state index contributed by atoms with van der Waals surface area (Å²) in [6.07, 6.45) is -0.335. The van der Waals surface area contributed by atoms with Crippen molar-refractivity contribution in [3.63, 3.8) is 0 Å².